The van der Waals surface area contributed by atoms with Gasteiger partial charge < -0.3 is 73.1 Å². The number of hydrogen-bond donors (Lipinski definition) is 15. The van der Waals surface area contributed by atoms with Gasteiger partial charge in [-0.3, -0.25) is 38.4 Å². The number of likely N-dealkylation sites (tertiary alicyclic amines) is 1. The van der Waals surface area contributed by atoms with Crippen LogP contribution in [0.25, 0.3) is 0 Å². The summed E-state index contributed by atoms with van der Waals surface area (Å²) in [4.78, 5) is 135. The van der Waals surface area contributed by atoms with Gasteiger partial charge in [0.2, 0.25) is 47.3 Å². The van der Waals surface area contributed by atoms with Crippen LogP contribution in [-0.2, 0) is 56.0 Å². The maximum Gasteiger partial charge on any atom is 0.327 e. The lowest BCUT2D eigenvalue weighted by atomic mass is 10.0. The van der Waals surface area contributed by atoms with Crippen LogP contribution < -0.4 is 43.0 Å². The average molecular weight is 1010 g/mol. The van der Waals surface area contributed by atoms with E-state index in [0.29, 0.717) is 36.5 Å². The molecule has 0 spiro atoms. The van der Waals surface area contributed by atoms with Crippen LogP contribution in [0, 0.1) is 5.92 Å². The van der Waals surface area contributed by atoms with Crippen LogP contribution in [0.4, 0.5) is 0 Å². The Morgan fingerprint density at radius 3 is 1.60 bits per heavy atom. The highest BCUT2D eigenvalue weighted by Crippen LogP contribution is 2.19. The summed E-state index contributed by atoms with van der Waals surface area (Å²) >= 11 is 9.39. The van der Waals surface area contributed by atoms with Crippen molar-refractivity contribution in [3.05, 3.63) is 36.4 Å². The second kappa shape index (κ2) is 28.8. The van der Waals surface area contributed by atoms with Gasteiger partial charge in [0, 0.05) is 54.7 Å². The molecule has 1 aliphatic heterocycles. The minimum Gasteiger partial charge on any atom is -0.480 e. The van der Waals surface area contributed by atoms with Gasteiger partial charge in [0.15, 0.2) is 0 Å². The van der Waals surface area contributed by atoms with E-state index in [2.05, 4.69) is 82.4 Å². The Labute approximate surface area is 407 Å². The van der Waals surface area contributed by atoms with Crippen LogP contribution in [0.15, 0.2) is 25.0 Å². The molecule has 68 heavy (non-hydrogen) atoms. The Hall–Kier alpha value is -5.42. The molecule has 2 aromatic heterocycles. The van der Waals surface area contributed by atoms with Gasteiger partial charge in [-0.25, -0.2) is 14.8 Å². The second-order valence-corrected chi connectivity index (χ2v) is 18.0. The number of carboxylic acids is 1. The number of aromatic nitrogens is 4. The summed E-state index contributed by atoms with van der Waals surface area (Å²) in [5.41, 5.74) is 6.69. The number of amides is 8. The smallest absolute Gasteiger partial charge is 0.327 e. The summed E-state index contributed by atoms with van der Waals surface area (Å²) in [5, 5.41) is 46.7. The van der Waals surface area contributed by atoms with Gasteiger partial charge in [0.1, 0.15) is 48.3 Å². The summed E-state index contributed by atoms with van der Waals surface area (Å²) in [6, 6.07) is -12.0. The van der Waals surface area contributed by atoms with Gasteiger partial charge in [0.05, 0.1) is 31.9 Å². The van der Waals surface area contributed by atoms with E-state index < -0.39 is 121 Å². The highest BCUT2D eigenvalue weighted by atomic mass is 32.2. The molecule has 9 atom stereocenters. The number of aliphatic hydroxyl groups is 2. The number of carboxylic acid groups (broad SMARTS) is 1. The number of hydrogen-bond acceptors (Lipinski definition) is 17. The van der Waals surface area contributed by atoms with Crippen LogP contribution in [0.2, 0.25) is 0 Å². The maximum absolute atomic E-state index is 14.2. The number of rotatable bonds is 29. The number of carbonyl (C=O) groups is 9. The topological polar surface area (TPSA) is 385 Å². The zero-order chi connectivity index (χ0) is 50.5. The van der Waals surface area contributed by atoms with Crippen molar-refractivity contribution in [2.24, 2.45) is 11.7 Å². The van der Waals surface area contributed by atoms with E-state index >= 15 is 0 Å². The largest absolute Gasteiger partial charge is 0.480 e. The zero-order valence-electron chi connectivity index (χ0n) is 37.8. The quantitative estimate of drug-likeness (QED) is 0.0341. The van der Waals surface area contributed by atoms with E-state index in [0.717, 1.165) is 0 Å². The lowest BCUT2D eigenvalue weighted by Crippen LogP contribution is -2.61. The van der Waals surface area contributed by atoms with Crippen molar-refractivity contribution in [2.75, 3.05) is 43.3 Å². The number of thioether (sulfide) groups is 1. The van der Waals surface area contributed by atoms with Gasteiger partial charge in [-0.2, -0.15) is 37.0 Å². The van der Waals surface area contributed by atoms with E-state index in [1.807, 2.05) is 0 Å². The molecule has 1 saturated heterocycles. The summed E-state index contributed by atoms with van der Waals surface area (Å²) in [5.74, 6) is -8.09. The minimum atomic E-state index is -1.71. The Kier molecular flexibility index (Phi) is 24.1. The first-order chi connectivity index (χ1) is 32.4. The predicted molar refractivity (Wildman–Crippen MR) is 253 cm³/mol. The summed E-state index contributed by atoms with van der Waals surface area (Å²) in [7, 11) is 0. The molecule has 28 heteroatoms. The van der Waals surface area contributed by atoms with Gasteiger partial charge in [0.25, 0.3) is 0 Å². The lowest BCUT2D eigenvalue weighted by Gasteiger charge is -2.29. The number of H-pyrrole nitrogens is 2. The molecule has 25 nitrogen and oxygen atoms in total. The van der Waals surface area contributed by atoms with E-state index in [4.69, 9.17) is 5.73 Å². The fourth-order valence-corrected chi connectivity index (χ4v) is 7.80. The Bertz CT molecular complexity index is 2000. The third-order valence-corrected chi connectivity index (χ3v) is 12.0. The first kappa shape index (κ1) is 56.9. The number of nitrogens with zero attached hydrogens (tertiary/aromatic N) is 3. The van der Waals surface area contributed by atoms with Crippen molar-refractivity contribution >= 4 is 90.2 Å². The minimum absolute atomic E-state index is 0.0224. The van der Waals surface area contributed by atoms with Gasteiger partial charge in [-0.1, -0.05) is 13.8 Å². The van der Waals surface area contributed by atoms with Crippen LogP contribution >= 0.6 is 37.0 Å². The molecule has 1 aliphatic rings. The van der Waals surface area contributed by atoms with Crippen molar-refractivity contribution in [2.45, 2.75) is 107 Å². The number of thiol groups is 2. The van der Waals surface area contributed by atoms with Crippen LogP contribution in [-0.4, -0.2) is 191 Å². The molecule has 0 unspecified atom stereocenters. The summed E-state index contributed by atoms with van der Waals surface area (Å²) in [6.07, 6.45) is 7.88. The standard InChI is InChI=1S/C40H63N13O12S3/c1-20(2)9-25(33(57)50-29(15-55)37(61)52-30(17-67)40(64)65)47-36(60)28(14-54)51-35(59)27(11-22-13-43-19-45-22)49-34(58)26(10-21-12-42-18-44-21)48-32(56)24(6-8-68-3)46-38(62)31-5-4-7-53(31)39(63)23(41)16-66/h12-13,18-20,23-31,54-55,66-67H,4-11,14-17,41H2,1-3H3,(H,42,44)(H,43,45)(H,46,62)(H,47,60)(H,48,56)(H,49,58)(H,50,57)(H,51,59)(H,52,61)(H,64,65)/t23-,24-,25-,26-,27-,28-,29-,30-,31-/m0/s1. The number of aliphatic hydroxyl groups excluding tert-OH is 2. The van der Waals surface area contributed by atoms with Crippen LogP contribution in [0.1, 0.15) is 50.9 Å². The summed E-state index contributed by atoms with van der Waals surface area (Å²) < 4.78 is 0. The molecule has 14 N–H and O–H groups in total. The number of aromatic amines is 2. The van der Waals surface area contributed by atoms with Crippen LogP contribution in [0.3, 0.4) is 0 Å². The molecule has 2 aromatic rings. The Morgan fingerprint density at radius 1 is 0.721 bits per heavy atom. The monoisotopic (exact) mass is 1010 g/mol. The predicted octanol–water partition coefficient (Wildman–Crippen LogP) is -4.64. The fraction of sp³-hybridized carbons (Fsp3) is 0.625. The van der Waals surface area contributed by atoms with Crippen molar-refractivity contribution in [3.8, 4) is 0 Å². The molecule has 0 saturated carbocycles. The first-order valence-electron chi connectivity index (χ1n) is 21.7. The molecule has 0 radical (unpaired) electrons. The SMILES string of the molecule is CSCC[C@H](NC(=O)[C@@H]1CCCN1C(=O)[C@@H](N)CS)C(=O)N[C@@H](Cc1cnc[nH]1)C(=O)N[C@@H](Cc1cnc[nH]1)C(=O)N[C@@H](CO)C(=O)N[C@@H](CC(C)C)C(=O)N[C@@H](CO)C(=O)N[C@@H](CS)C(=O)O. The van der Waals surface area contributed by atoms with Gasteiger partial charge in [-0.05, 0) is 43.6 Å². The Balaban J connectivity index is 1.83. The molecule has 1 fully saturated rings. The normalized spacial score (nSPS) is 17.0. The third-order valence-electron chi connectivity index (χ3n) is 10.6. The average Bonchev–Trinajstić information content (AvgIpc) is 4.13. The number of carbonyl (C=O) groups excluding carboxylic acids is 8. The Morgan fingerprint density at radius 2 is 1.18 bits per heavy atom. The highest BCUT2D eigenvalue weighted by molar-refractivity contribution is 7.98. The molecule has 8 amide bonds. The third kappa shape index (κ3) is 17.6. The van der Waals surface area contributed by atoms with E-state index in [1.54, 1.807) is 20.1 Å². The van der Waals surface area contributed by atoms with Crippen molar-refractivity contribution in [1.29, 1.82) is 0 Å². The molecular weight excluding hydrogens is 951 g/mol. The molecule has 0 bridgehead atoms. The van der Waals surface area contributed by atoms with E-state index in [-0.39, 0.29) is 43.1 Å². The van der Waals surface area contributed by atoms with Gasteiger partial charge >= 0.3 is 5.97 Å². The zero-order valence-corrected chi connectivity index (χ0v) is 40.4. The van der Waals surface area contributed by atoms with Crippen molar-refractivity contribution in [3.63, 3.8) is 0 Å². The summed E-state index contributed by atoms with van der Waals surface area (Å²) in [6.45, 7) is 1.81. The first-order valence-corrected chi connectivity index (χ1v) is 24.3. The maximum atomic E-state index is 14.2. The molecular formula is C40H63N13O12S3. The second-order valence-electron chi connectivity index (χ2n) is 16.3. The van der Waals surface area contributed by atoms with E-state index in [9.17, 15) is 58.5 Å². The lowest BCUT2D eigenvalue weighted by molar-refractivity contribution is -0.142. The molecule has 0 aromatic carbocycles. The van der Waals surface area contributed by atoms with E-state index in [1.165, 1.54) is 41.7 Å². The van der Waals surface area contributed by atoms with Gasteiger partial charge in [-0.15, -0.1) is 0 Å². The van der Waals surface area contributed by atoms with Crippen molar-refractivity contribution < 1.29 is 58.5 Å². The molecule has 378 valence electrons. The van der Waals surface area contributed by atoms with Crippen molar-refractivity contribution in [1.82, 2.24) is 62.1 Å². The number of imidazole rings is 2. The van der Waals surface area contributed by atoms with Crippen LogP contribution in [0.5, 0.6) is 0 Å². The number of nitrogens with one attached hydrogen (secondary N) is 9. The fourth-order valence-electron chi connectivity index (χ4n) is 6.93. The molecule has 3 rings (SSSR count). The number of nitrogens with two attached hydrogens (primary N) is 1. The number of aliphatic carboxylic acids is 1. The highest BCUT2D eigenvalue weighted by Gasteiger charge is 2.39. The molecule has 0 aliphatic carbocycles. The molecule has 3 heterocycles.